The maximum atomic E-state index is 12.0. The van der Waals surface area contributed by atoms with Crippen LogP contribution in [0.5, 0.6) is 0 Å². The van der Waals surface area contributed by atoms with Gasteiger partial charge >= 0.3 is 5.97 Å². The molecule has 0 spiro atoms. The number of hydrogen-bond acceptors (Lipinski definition) is 5. The first kappa shape index (κ1) is 18.1. The van der Waals surface area contributed by atoms with Crippen molar-refractivity contribution in [3.63, 3.8) is 0 Å². The molecule has 0 aromatic carbocycles. The summed E-state index contributed by atoms with van der Waals surface area (Å²) in [6.07, 6.45) is 1.44. The highest BCUT2D eigenvalue weighted by molar-refractivity contribution is 5.85. The molecule has 1 fully saturated rings. The monoisotopic (exact) mass is 294 g/mol. The van der Waals surface area contributed by atoms with E-state index in [9.17, 15) is 9.59 Å². The van der Waals surface area contributed by atoms with E-state index < -0.39 is 6.04 Å². The van der Waals surface area contributed by atoms with Crippen LogP contribution < -0.4 is 5.73 Å². The van der Waals surface area contributed by atoms with Crippen LogP contribution in [0.25, 0.3) is 0 Å². The lowest BCUT2D eigenvalue weighted by atomic mass is 10.1. The van der Waals surface area contributed by atoms with E-state index in [-0.39, 0.29) is 36.8 Å². The minimum Gasteiger partial charge on any atom is -0.469 e. The van der Waals surface area contributed by atoms with Crippen LogP contribution in [0.4, 0.5) is 0 Å². The highest BCUT2D eigenvalue weighted by Gasteiger charge is 2.28. The first-order valence-corrected chi connectivity index (χ1v) is 6.31. The minimum absolute atomic E-state index is 0. The maximum Gasteiger partial charge on any atom is 0.308 e. The number of halogens is 1. The number of nitrogens with two attached hydrogens (primary N) is 1. The number of ether oxygens (including phenoxy) is 2. The van der Waals surface area contributed by atoms with Gasteiger partial charge in [-0.3, -0.25) is 9.59 Å². The van der Waals surface area contributed by atoms with Crippen molar-refractivity contribution in [1.29, 1.82) is 0 Å². The number of carbonyl (C=O) groups is 2. The van der Waals surface area contributed by atoms with Crippen molar-refractivity contribution in [2.75, 3.05) is 26.8 Å². The average Bonchev–Trinajstić information content (AvgIpc) is 2.38. The molecule has 1 heterocycles. The number of amides is 1. The maximum absolute atomic E-state index is 12.0. The van der Waals surface area contributed by atoms with Gasteiger partial charge in [0.15, 0.2) is 0 Å². The lowest BCUT2D eigenvalue weighted by molar-refractivity contribution is -0.150. The molecule has 0 saturated carbocycles. The molecule has 2 atom stereocenters. The largest absolute Gasteiger partial charge is 0.469 e. The molecule has 1 saturated heterocycles. The van der Waals surface area contributed by atoms with E-state index in [1.807, 2.05) is 6.92 Å². The average molecular weight is 295 g/mol. The Morgan fingerprint density at radius 3 is 2.79 bits per heavy atom. The zero-order valence-corrected chi connectivity index (χ0v) is 12.3. The van der Waals surface area contributed by atoms with Crippen LogP contribution in [0.15, 0.2) is 0 Å². The van der Waals surface area contributed by atoms with E-state index in [4.69, 9.17) is 10.5 Å². The van der Waals surface area contributed by atoms with Gasteiger partial charge in [0.25, 0.3) is 0 Å². The van der Waals surface area contributed by atoms with Gasteiger partial charge in [0.2, 0.25) is 5.91 Å². The molecule has 1 aliphatic heterocycles. The second-order valence-corrected chi connectivity index (χ2v) is 4.45. The highest BCUT2D eigenvalue weighted by Crippen LogP contribution is 2.11. The van der Waals surface area contributed by atoms with E-state index in [1.165, 1.54) is 7.11 Å². The predicted molar refractivity (Wildman–Crippen MR) is 73.1 cm³/mol. The molecule has 0 aliphatic carbocycles. The Bertz CT molecular complexity index is 301. The standard InChI is InChI=1S/C12H22N2O4.ClH/c1-3-4-10(13)12(16)14-5-6-18-9(8-14)7-11(15)17-2;/h9-10H,3-8,13H2,1-2H3;1H. The fraction of sp³-hybridized carbons (Fsp3) is 0.833. The summed E-state index contributed by atoms with van der Waals surface area (Å²) in [6.45, 7) is 3.37. The van der Waals surface area contributed by atoms with Gasteiger partial charge in [0, 0.05) is 13.1 Å². The Morgan fingerprint density at radius 2 is 2.21 bits per heavy atom. The zero-order valence-electron chi connectivity index (χ0n) is 11.5. The summed E-state index contributed by atoms with van der Waals surface area (Å²) in [5, 5.41) is 0. The third kappa shape index (κ3) is 5.76. The molecule has 6 nitrogen and oxygen atoms in total. The van der Waals surface area contributed by atoms with Gasteiger partial charge in [-0.25, -0.2) is 0 Å². The van der Waals surface area contributed by atoms with Gasteiger partial charge in [-0.05, 0) is 6.42 Å². The van der Waals surface area contributed by atoms with Crippen LogP contribution >= 0.6 is 12.4 Å². The lowest BCUT2D eigenvalue weighted by Gasteiger charge is -2.34. The molecule has 112 valence electrons. The van der Waals surface area contributed by atoms with Crippen LogP contribution in [0, 0.1) is 0 Å². The molecule has 0 radical (unpaired) electrons. The number of hydrogen-bond donors (Lipinski definition) is 1. The molecule has 7 heteroatoms. The van der Waals surface area contributed by atoms with Gasteiger partial charge in [0.1, 0.15) is 0 Å². The number of esters is 1. The number of morpholine rings is 1. The molecule has 1 amide bonds. The zero-order chi connectivity index (χ0) is 13.5. The molecular weight excluding hydrogens is 272 g/mol. The van der Waals surface area contributed by atoms with Crippen LogP contribution in [0.2, 0.25) is 0 Å². The first-order chi connectivity index (χ1) is 8.58. The van der Waals surface area contributed by atoms with Crippen molar-refractivity contribution in [2.45, 2.75) is 38.3 Å². The Hall–Kier alpha value is -0.850. The molecule has 1 aliphatic rings. The van der Waals surface area contributed by atoms with Gasteiger partial charge < -0.3 is 20.1 Å². The van der Waals surface area contributed by atoms with Crippen LogP contribution in [0.3, 0.4) is 0 Å². The molecule has 2 N–H and O–H groups in total. The van der Waals surface area contributed by atoms with Crippen LogP contribution in [0.1, 0.15) is 26.2 Å². The second kappa shape index (κ2) is 9.12. The van der Waals surface area contributed by atoms with E-state index in [1.54, 1.807) is 4.90 Å². The Labute approximate surface area is 120 Å². The first-order valence-electron chi connectivity index (χ1n) is 6.31. The van der Waals surface area contributed by atoms with Gasteiger partial charge in [0.05, 0.1) is 32.3 Å². The number of nitrogens with zero attached hydrogens (tertiary/aromatic N) is 1. The van der Waals surface area contributed by atoms with Crippen LogP contribution in [-0.2, 0) is 19.1 Å². The normalized spacial score (nSPS) is 20.4. The van der Waals surface area contributed by atoms with Crippen molar-refractivity contribution >= 4 is 24.3 Å². The van der Waals surface area contributed by atoms with Crippen molar-refractivity contribution in [2.24, 2.45) is 5.73 Å². The fourth-order valence-electron chi connectivity index (χ4n) is 1.98. The van der Waals surface area contributed by atoms with E-state index in [0.717, 1.165) is 6.42 Å². The fourth-order valence-corrected chi connectivity index (χ4v) is 1.98. The number of methoxy groups -OCH3 is 1. The summed E-state index contributed by atoms with van der Waals surface area (Å²) in [6, 6.07) is -0.452. The SMILES string of the molecule is CCCC(N)C(=O)N1CCOC(CC(=O)OC)C1.Cl. The van der Waals surface area contributed by atoms with Crippen molar-refractivity contribution in [3.05, 3.63) is 0 Å². The summed E-state index contributed by atoms with van der Waals surface area (Å²) < 4.78 is 10.0. The molecule has 0 aromatic rings. The number of rotatable bonds is 5. The smallest absolute Gasteiger partial charge is 0.308 e. The topological polar surface area (TPSA) is 81.9 Å². The lowest BCUT2D eigenvalue weighted by Crippen LogP contribution is -2.51. The molecule has 0 bridgehead atoms. The minimum atomic E-state index is -0.452. The van der Waals surface area contributed by atoms with E-state index >= 15 is 0 Å². The third-order valence-corrected chi connectivity index (χ3v) is 2.99. The van der Waals surface area contributed by atoms with Crippen molar-refractivity contribution in [1.82, 2.24) is 4.90 Å². The van der Waals surface area contributed by atoms with Crippen molar-refractivity contribution < 1.29 is 19.1 Å². The summed E-state index contributed by atoms with van der Waals surface area (Å²) in [4.78, 5) is 24.9. The summed E-state index contributed by atoms with van der Waals surface area (Å²) in [5.41, 5.74) is 5.81. The summed E-state index contributed by atoms with van der Waals surface area (Å²) in [5.74, 6) is -0.387. The second-order valence-electron chi connectivity index (χ2n) is 4.45. The van der Waals surface area contributed by atoms with Gasteiger partial charge in [-0.15, -0.1) is 12.4 Å². The molecule has 2 unspecified atom stereocenters. The predicted octanol–water partition coefficient (Wildman–Crippen LogP) is 0.326. The molecule has 1 rings (SSSR count). The molecular formula is C12H23ClN2O4. The van der Waals surface area contributed by atoms with Gasteiger partial charge in [-0.2, -0.15) is 0 Å². The molecule has 0 aromatic heterocycles. The highest BCUT2D eigenvalue weighted by atomic mass is 35.5. The van der Waals surface area contributed by atoms with Gasteiger partial charge in [-0.1, -0.05) is 13.3 Å². The third-order valence-electron chi connectivity index (χ3n) is 2.99. The molecule has 19 heavy (non-hydrogen) atoms. The Balaban J connectivity index is 0.00000324. The van der Waals surface area contributed by atoms with E-state index in [2.05, 4.69) is 4.74 Å². The Morgan fingerprint density at radius 1 is 1.53 bits per heavy atom. The van der Waals surface area contributed by atoms with Crippen molar-refractivity contribution in [3.8, 4) is 0 Å². The number of carbonyl (C=O) groups excluding carboxylic acids is 2. The summed E-state index contributed by atoms with van der Waals surface area (Å²) in [7, 11) is 1.34. The summed E-state index contributed by atoms with van der Waals surface area (Å²) >= 11 is 0. The van der Waals surface area contributed by atoms with Crippen LogP contribution in [-0.4, -0.2) is 55.7 Å². The quantitative estimate of drug-likeness (QED) is 0.739. The Kier molecular flexibility index (Phi) is 8.71. The van der Waals surface area contributed by atoms with E-state index in [0.29, 0.717) is 26.1 Å².